The van der Waals surface area contributed by atoms with E-state index in [9.17, 15) is 0 Å². The maximum atomic E-state index is 5.54. The van der Waals surface area contributed by atoms with Crippen molar-refractivity contribution >= 4 is 22.2 Å². The van der Waals surface area contributed by atoms with E-state index in [1.807, 2.05) is 18.3 Å². The summed E-state index contributed by atoms with van der Waals surface area (Å²) < 4.78 is 0. The largest absolute Gasteiger partial charge is 0.330 e. The number of aromatic nitrogens is 2. The highest BCUT2D eigenvalue weighted by molar-refractivity contribution is 7.13. The van der Waals surface area contributed by atoms with Gasteiger partial charge in [0.1, 0.15) is 5.01 Å². The first kappa shape index (κ1) is 11.3. The highest BCUT2D eigenvalue weighted by atomic mass is 32.1. The molecule has 4 heteroatoms. The minimum atomic E-state index is 0.644. The summed E-state index contributed by atoms with van der Waals surface area (Å²) in [7, 11) is 0. The van der Waals surface area contributed by atoms with Gasteiger partial charge in [-0.15, -0.1) is 11.3 Å². The lowest BCUT2D eigenvalue weighted by molar-refractivity contribution is 0.936. The topological polar surface area (TPSA) is 51.8 Å². The Morgan fingerprint density at radius 2 is 2.17 bits per heavy atom. The van der Waals surface area contributed by atoms with Crippen LogP contribution in [0, 0.1) is 0 Å². The van der Waals surface area contributed by atoms with Gasteiger partial charge in [0.25, 0.3) is 0 Å². The van der Waals surface area contributed by atoms with Crippen molar-refractivity contribution in [2.24, 2.45) is 5.73 Å². The summed E-state index contributed by atoms with van der Waals surface area (Å²) in [6.07, 6.45) is 2.65. The average Bonchev–Trinajstić information content (AvgIpc) is 2.87. The lowest BCUT2D eigenvalue weighted by Crippen LogP contribution is -2.02. The number of benzene rings is 1. The van der Waals surface area contributed by atoms with Crippen LogP contribution in [0.1, 0.15) is 5.69 Å². The van der Waals surface area contributed by atoms with Crippen molar-refractivity contribution < 1.29 is 0 Å². The summed E-state index contributed by atoms with van der Waals surface area (Å²) >= 11 is 1.66. The van der Waals surface area contributed by atoms with Gasteiger partial charge in [0.2, 0.25) is 0 Å². The van der Waals surface area contributed by atoms with Gasteiger partial charge in [-0.05, 0) is 30.8 Å². The van der Waals surface area contributed by atoms with Crippen LogP contribution in [0.2, 0.25) is 0 Å². The molecule has 3 rings (SSSR count). The first-order valence-electron chi connectivity index (χ1n) is 5.86. The van der Waals surface area contributed by atoms with Gasteiger partial charge in [0.05, 0.1) is 11.2 Å². The Kier molecular flexibility index (Phi) is 3.04. The van der Waals surface area contributed by atoms with Gasteiger partial charge in [-0.25, -0.2) is 4.98 Å². The molecule has 0 saturated heterocycles. The number of hydrogen-bond acceptors (Lipinski definition) is 4. The van der Waals surface area contributed by atoms with E-state index in [-0.39, 0.29) is 0 Å². The average molecular weight is 255 g/mol. The standard InChI is InChI=1S/C14H13N3S/c15-6-5-12-9-18-14(17-12)11-3-4-13-10(8-11)2-1-7-16-13/h1-4,7-9H,5-6,15H2. The van der Waals surface area contributed by atoms with E-state index < -0.39 is 0 Å². The van der Waals surface area contributed by atoms with Crippen LogP contribution in [0.15, 0.2) is 41.9 Å². The van der Waals surface area contributed by atoms with E-state index in [2.05, 4.69) is 33.5 Å². The second-order valence-corrected chi connectivity index (χ2v) is 4.95. The molecule has 0 atom stereocenters. The highest BCUT2D eigenvalue weighted by Gasteiger charge is 2.05. The van der Waals surface area contributed by atoms with Gasteiger partial charge < -0.3 is 5.73 Å². The predicted octanol–water partition coefficient (Wildman–Crippen LogP) is 2.86. The zero-order valence-electron chi connectivity index (χ0n) is 9.84. The summed E-state index contributed by atoms with van der Waals surface area (Å²) in [6, 6.07) is 10.3. The Labute approximate surface area is 109 Å². The van der Waals surface area contributed by atoms with Gasteiger partial charge in [-0.2, -0.15) is 0 Å². The third-order valence-electron chi connectivity index (χ3n) is 2.80. The number of rotatable bonds is 3. The molecule has 3 nitrogen and oxygen atoms in total. The minimum absolute atomic E-state index is 0.644. The Hall–Kier alpha value is -1.78. The van der Waals surface area contributed by atoms with E-state index in [1.165, 1.54) is 0 Å². The Morgan fingerprint density at radius 3 is 3.06 bits per heavy atom. The molecule has 0 unspecified atom stereocenters. The SMILES string of the molecule is NCCc1csc(-c2ccc3ncccc3c2)n1. The first-order valence-corrected chi connectivity index (χ1v) is 6.74. The number of nitrogens with zero attached hydrogens (tertiary/aromatic N) is 2. The number of pyridine rings is 1. The molecule has 0 saturated carbocycles. The van der Waals surface area contributed by atoms with Crippen molar-refractivity contribution in [1.29, 1.82) is 0 Å². The van der Waals surface area contributed by atoms with Crippen LogP contribution in [-0.2, 0) is 6.42 Å². The molecule has 0 radical (unpaired) electrons. The zero-order valence-corrected chi connectivity index (χ0v) is 10.7. The molecule has 2 N–H and O–H groups in total. The molecule has 0 aliphatic carbocycles. The lowest BCUT2D eigenvalue weighted by atomic mass is 10.1. The summed E-state index contributed by atoms with van der Waals surface area (Å²) in [5.74, 6) is 0. The monoisotopic (exact) mass is 255 g/mol. The molecule has 0 aliphatic rings. The minimum Gasteiger partial charge on any atom is -0.330 e. The number of hydrogen-bond donors (Lipinski definition) is 1. The second kappa shape index (κ2) is 4.84. The van der Waals surface area contributed by atoms with Crippen LogP contribution in [-0.4, -0.2) is 16.5 Å². The number of fused-ring (bicyclic) bond motifs is 1. The fourth-order valence-electron chi connectivity index (χ4n) is 1.91. The van der Waals surface area contributed by atoms with Crippen molar-refractivity contribution in [2.75, 3.05) is 6.54 Å². The molecule has 2 aromatic heterocycles. The van der Waals surface area contributed by atoms with Crippen LogP contribution >= 0.6 is 11.3 Å². The van der Waals surface area contributed by atoms with Crippen LogP contribution in [0.4, 0.5) is 0 Å². The van der Waals surface area contributed by atoms with Crippen molar-refractivity contribution in [2.45, 2.75) is 6.42 Å². The van der Waals surface area contributed by atoms with Crippen molar-refractivity contribution in [3.63, 3.8) is 0 Å². The van der Waals surface area contributed by atoms with Crippen LogP contribution in [0.25, 0.3) is 21.5 Å². The van der Waals surface area contributed by atoms with Crippen LogP contribution in [0.3, 0.4) is 0 Å². The summed E-state index contributed by atoms with van der Waals surface area (Å²) in [5.41, 5.74) is 8.77. The van der Waals surface area contributed by atoms with Crippen molar-refractivity contribution in [1.82, 2.24) is 9.97 Å². The quantitative estimate of drug-likeness (QED) is 0.783. The van der Waals surface area contributed by atoms with Gasteiger partial charge >= 0.3 is 0 Å². The van der Waals surface area contributed by atoms with E-state index in [0.717, 1.165) is 33.6 Å². The van der Waals surface area contributed by atoms with E-state index >= 15 is 0 Å². The second-order valence-electron chi connectivity index (χ2n) is 4.09. The van der Waals surface area contributed by atoms with Crippen molar-refractivity contribution in [3.8, 4) is 10.6 Å². The Bertz CT molecular complexity index is 675. The molecule has 0 aliphatic heterocycles. The fourth-order valence-corrected chi connectivity index (χ4v) is 2.76. The third kappa shape index (κ3) is 2.12. The Balaban J connectivity index is 2.02. The van der Waals surface area contributed by atoms with Gasteiger partial charge in [-0.3, -0.25) is 4.98 Å². The van der Waals surface area contributed by atoms with Gasteiger partial charge in [0, 0.05) is 28.9 Å². The molecule has 3 aromatic rings. The van der Waals surface area contributed by atoms with Gasteiger partial charge in [-0.1, -0.05) is 6.07 Å². The Morgan fingerprint density at radius 1 is 1.22 bits per heavy atom. The molecule has 0 spiro atoms. The maximum absolute atomic E-state index is 5.54. The molecule has 0 fully saturated rings. The molecular formula is C14H13N3S. The van der Waals surface area contributed by atoms with E-state index in [1.54, 1.807) is 11.3 Å². The van der Waals surface area contributed by atoms with Crippen LogP contribution < -0.4 is 5.73 Å². The van der Waals surface area contributed by atoms with E-state index in [0.29, 0.717) is 6.54 Å². The third-order valence-corrected chi connectivity index (χ3v) is 3.74. The molecule has 0 bridgehead atoms. The number of nitrogens with two attached hydrogens (primary N) is 1. The van der Waals surface area contributed by atoms with Crippen LogP contribution in [0.5, 0.6) is 0 Å². The molecular weight excluding hydrogens is 242 g/mol. The fraction of sp³-hybridized carbons (Fsp3) is 0.143. The number of thiazole rings is 1. The van der Waals surface area contributed by atoms with E-state index in [4.69, 9.17) is 5.73 Å². The summed E-state index contributed by atoms with van der Waals surface area (Å²) in [4.78, 5) is 8.91. The highest BCUT2D eigenvalue weighted by Crippen LogP contribution is 2.26. The molecule has 2 heterocycles. The molecule has 1 aromatic carbocycles. The summed E-state index contributed by atoms with van der Waals surface area (Å²) in [5, 5.41) is 4.27. The normalized spacial score (nSPS) is 10.9. The molecule has 0 amide bonds. The predicted molar refractivity (Wildman–Crippen MR) is 75.6 cm³/mol. The molecule has 18 heavy (non-hydrogen) atoms. The maximum Gasteiger partial charge on any atom is 0.123 e. The first-order chi connectivity index (χ1) is 8.86. The summed E-state index contributed by atoms with van der Waals surface area (Å²) in [6.45, 7) is 0.644. The lowest BCUT2D eigenvalue weighted by Gasteiger charge is -1.99. The van der Waals surface area contributed by atoms with Crippen molar-refractivity contribution in [3.05, 3.63) is 47.6 Å². The van der Waals surface area contributed by atoms with Gasteiger partial charge in [0.15, 0.2) is 0 Å². The molecule has 90 valence electrons. The zero-order chi connectivity index (χ0) is 12.4. The smallest absolute Gasteiger partial charge is 0.123 e.